The SMILES string of the molecule is COc1ccc([C@H](C)NC(C)c2cc(C)oc2C)cc1. The lowest BCUT2D eigenvalue weighted by molar-refractivity contribution is 0.414. The van der Waals surface area contributed by atoms with Crippen LogP contribution in [0.15, 0.2) is 34.7 Å². The van der Waals surface area contributed by atoms with Gasteiger partial charge < -0.3 is 14.5 Å². The van der Waals surface area contributed by atoms with Crippen molar-refractivity contribution in [3.8, 4) is 5.75 Å². The molecular formula is C17H23NO2. The molecule has 0 aliphatic heterocycles. The van der Waals surface area contributed by atoms with Gasteiger partial charge in [-0.15, -0.1) is 0 Å². The number of rotatable bonds is 5. The van der Waals surface area contributed by atoms with Crippen LogP contribution in [0, 0.1) is 13.8 Å². The van der Waals surface area contributed by atoms with Gasteiger partial charge in [-0.1, -0.05) is 12.1 Å². The minimum Gasteiger partial charge on any atom is -0.497 e. The van der Waals surface area contributed by atoms with Crippen LogP contribution in [0.3, 0.4) is 0 Å². The molecule has 0 amide bonds. The molecule has 0 aliphatic rings. The van der Waals surface area contributed by atoms with Crippen molar-refractivity contribution in [1.82, 2.24) is 5.32 Å². The fraction of sp³-hybridized carbons (Fsp3) is 0.412. The Morgan fingerprint density at radius 1 is 1.05 bits per heavy atom. The molecule has 3 heteroatoms. The van der Waals surface area contributed by atoms with Crippen molar-refractivity contribution in [3.63, 3.8) is 0 Å². The third-order valence-corrected chi connectivity index (χ3v) is 3.66. The average molecular weight is 273 g/mol. The van der Waals surface area contributed by atoms with Crippen LogP contribution >= 0.6 is 0 Å². The van der Waals surface area contributed by atoms with Crippen molar-refractivity contribution < 1.29 is 9.15 Å². The van der Waals surface area contributed by atoms with E-state index in [0.29, 0.717) is 0 Å². The van der Waals surface area contributed by atoms with Gasteiger partial charge in [-0.05, 0) is 51.5 Å². The Kier molecular flexibility index (Phi) is 4.50. The van der Waals surface area contributed by atoms with Crippen LogP contribution in [0.5, 0.6) is 5.75 Å². The van der Waals surface area contributed by atoms with E-state index in [4.69, 9.17) is 9.15 Å². The predicted molar refractivity (Wildman–Crippen MR) is 81.1 cm³/mol. The van der Waals surface area contributed by atoms with Crippen molar-refractivity contribution >= 4 is 0 Å². The number of aryl methyl sites for hydroxylation is 2. The molecule has 0 spiro atoms. The van der Waals surface area contributed by atoms with Gasteiger partial charge in [-0.2, -0.15) is 0 Å². The molecule has 0 aliphatic carbocycles. The van der Waals surface area contributed by atoms with Gasteiger partial charge in [0.05, 0.1) is 7.11 Å². The summed E-state index contributed by atoms with van der Waals surface area (Å²) in [4.78, 5) is 0. The Morgan fingerprint density at radius 2 is 1.70 bits per heavy atom. The molecule has 1 heterocycles. The maximum Gasteiger partial charge on any atom is 0.118 e. The second-order valence-electron chi connectivity index (χ2n) is 5.25. The van der Waals surface area contributed by atoms with Crippen molar-refractivity contribution in [2.45, 2.75) is 39.8 Å². The average Bonchev–Trinajstić information content (AvgIpc) is 2.78. The molecule has 0 saturated carbocycles. The summed E-state index contributed by atoms with van der Waals surface area (Å²) < 4.78 is 10.8. The van der Waals surface area contributed by atoms with Crippen molar-refractivity contribution in [1.29, 1.82) is 0 Å². The summed E-state index contributed by atoms with van der Waals surface area (Å²) in [6.07, 6.45) is 0. The van der Waals surface area contributed by atoms with Crippen molar-refractivity contribution in [3.05, 3.63) is 53.0 Å². The highest BCUT2D eigenvalue weighted by atomic mass is 16.5. The predicted octanol–water partition coefficient (Wildman–Crippen LogP) is 4.32. The molecule has 2 aromatic rings. The summed E-state index contributed by atoms with van der Waals surface area (Å²) in [7, 11) is 1.68. The van der Waals surface area contributed by atoms with Crippen LogP contribution in [0.1, 0.15) is 48.6 Å². The van der Waals surface area contributed by atoms with E-state index in [9.17, 15) is 0 Å². The minimum absolute atomic E-state index is 0.254. The number of benzene rings is 1. The van der Waals surface area contributed by atoms with E-state index in [1.807, 2.05) is 26.0 Å². The Bertz CT molecular complexity index is 557. The highest BCUT2D eigenvalue weighted by Gasteiger charge is 2.15. The molecule has 2 atom stereocenters. The zero-order chi connectivity index (χ0) is 14.7. The Balaban J connectivity index is 2.06. The highest BCUT2D eigenvalue weighted by Crippen LogP contribution is 2.25. The van der Waals surface area contributed by atoms with Gasteiger partial charge in [-0.25, -0.2) is 0 Å². The molecule has 0 saturated heterocycles. The number of nitrogens with one attached hydrogen (secondary N) is 1. The van der Waals surface area contributed by atoms with Crippen LogP contribution in [-0.2, 0) is 0 Å². The summed E-state index contributed by atoms with van der Waals surface area (Å²) in [6.45, 7) is 8.33. The minimum atomic E-state index is 0.254. The standard InChI is InChI=1S/C17H23NO2/c1-11-10-17(14(4)20-11)13(3)18-12(2)15-6-8-16(19-5)9-7-15/h6-10,12-13,18H,1-5H3/t12-,13?/m0/s1. The third kappa shape index (κ3) is 3.23. The maximum atomic E-state index is 5.60. The van der Waals surface area contributed by atoms with Gasteiger partial charge in [0.25, 0.3) is 0 Å². The zero-order valence-electron chi connectivity index (χ0n) is 12.9. The quantitative estimate of drug-likeness (QED) is 0.881. The molecule has 0 radical (unpaired) electrons. The molecule has 1 unspecified atom stereocenters. The van der Waals surface area contributed by atoms with Gasteiger partial charge in [-0.3, -0.25) is 0 Å². The maximum absolute atomic E-state index is 5.60. The van der Waals surface area contributed by atoms with Crippen LogP contribution in [0.25, 0.3) is 0 Å². The first-order chi connectivity index (χ1) is 9.51. The number of hydrogen-bond acceptors (Lipinski definition) is 3. The van der Waals surface area contributed by atoms with Crippen LogP contribution in [0.4, 0.5) is 0 Å². The van der Waals surface area contributed by atoms with Gasteiger partial charge in [0, 0.05) is 17.6 Å². The normalized spacial score (nSPS) is 14.1. The van der Waals surface area contributed by atoms with E-state index < -0.39 is 0 Å². The topological polar surface area (TPSA) is 34.4 Å². The molecule has 1 aromatic carbocycles. The third-order valence-electron chi connectivity index (χ3n) is 3.66. The van der Waals surface area contributed by atoms with Gasteiger partial charge >= 0.3 is 0 Å². The smallest absolute Gasteiger partial charge is 0.118 e. The summed E-state index contributed by atoms with van der Waals surface area (Å²) in [6, 6.07) is 10.8. The molecule has 1 aromatic heterocycles. The lowest BCUT2D eigenvalue weighted by atomic mass is 10.0. The zero-order valence-corrected chi connectivity index (χ0v) is 12.9. The van der Waals surface area contributed by atoms with Crippen molar-refractivity contribution in [2.75, 3.05) is 7.11 Å². The van der Waals surface area contributed by atoms with Gasteiger partial charge in [0.1, 0.15) is 17.3 Å². The molecule has 0 fully saturated rings. The number of furan rings is 1. The Hall–Kier alpha value is -1.74. The van der Waals surface area contributed by atoms with E-state index in [0.717, 1.165) is 17.3 Å². The number of methoxy groups -OCH3 is 1. The van der Waals surface area contributed by atoms with Gasteiger partial charge in [0.2, 0.25) is 0 Å². The first kappa shape index (κ1) is 14.7. The van der Waals surface area contributed by atoms with E-state index in [1.54, 1.807) is 7.11 Å². The second kappa shape index (κ2) is 6.14. The number of ether oxygens (including phenoxy) is 1. The lowest BCUT2D eigenvalue weighted by Crippen LogP contribution is -2.22. The van der Waals surface area contributed by atoms with E-state index in [-0.39, 0.29) is 12.1 Å². The summed E-state index contributed by atoms with van der Waals surface area (Å²) >= 11 is 0. The van der Waals surface area contributed by atoms with Crippen molar-refractivity contribution in [2.24, 2.45) is 0 Å². The highest BCUT2D eigenvalue weighted by molar-refractivity contribution is 5.29. The lowest BCUT2D eigenvalue weighted by Gasteiger charge is -2.20. The van der Waals surface area contributed by atoms with Gasteiger partial charge in [0.15, 0.2) is 0 Å². The summed E-state index contributed by atoms with van der Waals surface area (Å²) in [5.41, 5.74) is 2.47. The second-order valence-corrected chi connectivity index (χ2v) is 5.25. The fourth-order valence-corrected chi connectivity index (χ4v) is 2.53. The van der Waals surface area contributed by atoms with Crippen LogP contribution in [0.2, 0.25) is 0 Å². The fourth-order valence-electron chi connectivity index (χ4n) is 2.53. The molecular weight excluding hydrogens is 250 g/mol. The molecule has 20 heavy (non-hydrogen) atoms. The van der Waals surface area contributed by atoms with Crippen LogP contribution < -0.4 is 10.1 Å². The molecule has 108 valence electrons. The molecule has 3 nitrogen and oxygen atoms in total. The van der Waals surface area contributed by atoms with E-state index in [2.05, 4.69) is 37.4 Å². The number of hydrogen-bond donors (Lipinski definition) is 1. The Labute approximate surface area is 121 Å². The molecule has 0 bridgehead atoms. The van der Waals surface area contributed by atoms with E-state index >= 15 is 0 Å². The Morgan fingerprint density at radius 3 is 2.20 bits per heavy atom. The largest absolute Gasteiger partial charge is 0.497 e. The molecule has 2 rings (SSSR count). The molecule has 1 N–H and O–H groups in total. The van der Waals surface area contributed by atoms with Crippen LogP contribution in [-0.4, -0.2) is 7.11 Å². The summed E-state index contributed by atoms with van der Waals surface area (Å²) in [5, 5.41) is 3.60. The monoisotopic (exact) mass is 273 g/mol. The van der Waals surface area contributed by atoms with E-state index in [1.165, 1.54) is 11.1 Å². The first-order valence-electron chi connectivity index (χ1n) is 6.98. The summed E-state index contributed by atoms with van der Waals surface area (Å²) in [5.74, 6) is 2.84. The first-order valence-corrected chi connectivity index (χ1v) is 6.98.